The highest BCUT2D eigenvalue weighted by Gasteiger charge is 2.09. The van der Waals surface area contributed by atoms with Gasteiger partial charge in [-0.1, -0.05) is 6.92 Å². The topological polar surface area (TPSA) is 12.0 Å². The molecule has 0 radical (unpaired) electrons. The fourth-order valence-corrected chi connectivity index (χ4v) is 2.67. The van der Waals surface area contributed by atoms with Crippen molar-refractivity contribution in [2.75, 3.05) is 13.1 Å². The lowest BCUT2D eigenvalue weighted by atomic mass is 10.1. The molecule has 0 bridgehead atoms. The van der Waals surface area contributed by atoms with Crippen molar-refractivity contribution < 1.29 is 8.78 Å². The van der Waals surface area contributed by atoms with E-state index in [-0.39, 0.29) is 0 Å². The van der Waals surface area contributed by atoms with E-state index in [2.05, 4.69) is 5.32 Å². The number of hydrogen-bond donors (Lipinski definition) is 1. The van der Waals surface area contributed by atoms with E-state index in [1.54, 1.807) is 0 Å². The number of nitrogens with one attached hydrogen (secondary N) is 1. The van der Waals surface area contributed by atoms with Crippen LogP contribution in [0.25, 0.3) is 10.1 Å². The molecule has 1 nitrogen and oxygen atoms in total. The molecule has 0 atom stereocenters. The second-order valence-corrected chi connectivity index (χ2v) is 4.54. The van der Waals surface area contributed by atoms with Crippen LogP contribution in [0.5, 0.6) is 0 Å². The number of fused-ring (bicyclic) bond motifs is 1. The second kappa shape index (κ2) is 4.89. The molecule has 1 aromatic heterocycles. The molecule has 4 heteroatoms. The van der Waals surface area contributed by atoms with Crippen LogP contribution in [-0.2, 0) is 6.42 Å². The molecule has 0 aliphatic rings. The van der Waals surface area contributed by atoms with E-state index in [1.807, 2.05) is 12.3 Å². The molecular formula is C12H13F2NS. The van der Waals surface area contributed by atoms with Crippen molar-refractivity contribution in [3.8, 4) is 0 Å². The molecule has 16 heavy (non-hydrogen) atoms. The van der Waals surface area contributed by atoms with Gasteiger partial charge in [0.05, 0.1) is 0 Å². The molecule has 2 aromatic rings. The van der Waals surface area contributed by atoms with E-state index in [4.69, 9.17) is 0 Å². The molecular weight excluding hydrogens is 228 g/mol. The van der Waals surface area contributed by atoms with Gasteiger partial charge < -0.3 is 5.32 Å². The van der Waals surface area contributed by atoms with Crippen molar-refractivity contribution in [2.24, 2.45) is 0 Å². The van der Waals surface area contributed by atoms with Gasteiger partial charge in [-0.2, -0.15) is 0 Å². The van der Waals surface area contributed by atoms with Crippen molar-refractivity contribution in [2.45, 2.75) is 13.3 Å². The van der Waals surface area contributed by atoms with Gasteiger partial charge in [-0.25, -0.2) is 8.78 Å². The first kappa shape index (κ1) is 11.5. The van der Waals surface area contributed by atoms with Gasteiger partial charge in [0.15, 0.2) is 11.6 Å². The molecule has 0 aliphatic carbocycles. The molecule has 0 fully saturated rings. The summed E-state index contributed by atoms with van der Waals surface area (Å²) in [6, 6.07) is 2.56. The van der Waals surface area contributed by atoms with Crippen LogP contribution in [0.2, 0.25) is 0 Å². The zero-order valence-electron chi connectivity index (χ0n) is 9.02. The van der Waals surface area contributed by atoms with Gasteiger partial charge in [-0.3, -0.25) is 0 Å². The Morgan fingerprint density at radius 1 is 1.25 bits per heavy atom. The van der Waals surface area contributed by atoms with E-state index in [0.29, 0.717) is 0 Å². The van der Waals surface area contributed by atoms with Gasteiger partial charge in [-0.15, -0.1) is 11.3 Å². The minimum Gasteiger partial charge on any atom is -0.317 e. The number of rotatable bonds is 4. The standard InChI is InChI=1S/C12H13F2NS/c1-2-15-4-3-8-7-16-12-6-11(14)10(13)5-9(8)12/h5-7,15H,2-4H2,1H3. The molecule has 0 amide bonds. The van der Waals surface area contributed by atoms with E-state index in [9.17, 15) is 8.78 Å². The molecule has 1 aromatic carbocycles. The summed E-state index contributed by atoms with van der Waals surface area (Å²) in [7, 11) is 0. The maximum Gasteiger partial charge on any atom is 0.160 e. The van der Waals surface area contributed by atoms with Crippen LogP contribution in [0, 0.1) is 11.6 Å². The summed E-state index contributed by atoms with van der Waals surface area (Å²) >= 11 is 1.46. The first-order chi connectivity index (χ1) is 7.72. The lowest BCUT2D eigenvalue weighted by molar-refractivity contribution is 0.511. The third-order valence-electron chi connectivity index (χ3n) is 2.52. The minimum absolute atomic E-state index is 0.768. The number of likely N-dealkylation sites (N-methyl/N-ethyl adjacent to an activating group) is 1. The van der Waals surface area contributed by atoms with Crippen LogP contribution in [0.3, 0.4) is 0 Å². The molecule has 1 heterocycles. The summed E-state index contributed by atoms with van der Waals surface area (Å²) in [4.78, 5) is 0. The lowest BCUT2D eigenvalue weighted by Crippen LogP contribution is -2.15. The van der Waals surface area contributed by atoms with Crippen LogP contribution < -0.4 is 5.32 Å². The third kappa shape index (κ3) is 2.23. The van der Waals surface area contributed by atoms with Gasteiger partial charge in [0.1, 0.15) is 0 Å². The van der Waals surface area contributed by atoms with Gasteiger partial charge >= 0.3 is 0 Å². The van der Waals surface area contributed by atoms with Gasteiger partial charge in [0, 0.05) is 4.70 Å². The fraction of sp³-hybridized carbons (Fsp3) is 0.333. The molecule has 86 valence electrons. The number of hydrogen-bond acceptors (Lipinski definition) is 2. The number of halogens is 2. The quantitative estimate of drug-likeness (QED) is 0.810. The largest absolute Gasteiger partial charge is 0.317 e. The normalized spacial score (nSPS) is 11.2. The van der Waals surface area contributed by atoms with E-state index in [1.165, 1.54) is 23.5 Å². The van der Waals surface area contributed by atoms with Crippen molar-refractivity contribution in [3.05, 3.63) is 34.7 Å². The summed E-state index contributed by atoms with van der Waals surface area (Å²) in [6.07, 6.45) is 0.846. The van der Waals surface area contributed by atoms with E-state index >= 15 is 0 Å². The van der Waals surface area contributed by atoms with Crippen LogP contribution in [-0.4, -0.2) is 13.1 Å². The predicted molar refractivity (Wildman–Crippen MR) is 64.0 cm³/mol. The minimum atomic E-state index is -0.771. The van der Waals surface area contributed by atoms with Crippen LogP contribution in [0.15, 0.2) is 17.5 Å². The Hall–Kier alpha value is -1.00. The Morgan fingerprint density at radius 3 is 2.75 bits per heavy atom. The van der Waals surface area contributed by atoms with Crippen molar-refractivity contribution >= 4 is 21.4 Å². The summed E-state index contributed by atoms with van der Waals surface area (Å²) in [5, 5.41) is 6.02. The van der Waals surface area contributed by atoms with Crippen LogP contribution in [0.1, 0.15) is 12.5 Å². The first-order valence-electron chi connectivity index (χ1n) is 5.28. The van der Waals surface area contributed by atoms with Crippen molar-refractivity contribution in [1.82, 2.24) is 5.32 Å². The Balaban J connectivity index is 2.29. The summed E-state index contributed by atoms with van der Waals surface area (Å²) in [5.74, 6) is -1.54. The monoisotopic (exact) mass is 241 g/mol. The number of thiophene rings is 1. The fourth-order valence-electron chi connectivity index (χ4n) is 1.67. The van der Waals surface area contributed by atoms with Crippen molar-refractivity contribution in [3.63, 3.8) is 0 Å². The zero-order chi connectivity index (χ0) is 11.5. The van der Waals surface area contributed by atoms with Gasteiger partial charge in [0.2, 0.25) is 0 Å². The van der Waals surface area contributed by atoms with E-state index in [0.717, 1.165) is 35.2 Å². The zero-order valence-corrected chi connectivity index (χ0v) is 9.83. The Morgan fingerprint density at radius 2 is 2.00 bits per heavy atom. The molecule has 0 spiro atoms. The molecule has 0 saturated carbocycles. The Bertz CT molecular complexity index is 493. The summed E-state index contributed by atoms with van der Waals surface area (Å²) in [5.41, 5.74) is 1.08. The highest BCUT2D eigenvalue weighted by Crippen LogP contribution is 2.28. The number of benzene rings is 1. The lowest BCUT2D eigenvalue weighted by Gasteiger charge is -2.01. The highest BCUT2D eigenvalue weighted by molar-refractivity contribution is 7.17. The van der Waals surface area contributed by atoms with Crippen LogP contribution >= 0.6 is 11.3 Å². The van der Waals surface area contributed by atoms with E-state index < -0.39 is 11.6 Å². The Kier molecular flexibility index (Phi) is 3.51. The average molecular weight is 241 g/mol. The maximum atomic E-state index is 13.1. The molecule has 0 saturated heterocycles. The third-order valence-corrected chi connectivity index (χ3v) is 3.51. The SMILES string of the molecule is CCNCCc1csc2cc(F)c(F)cc12. The predicted octanol–water partition coefficient (Wildman–Crippen LogP) is 3.33. The maximum absolute atomic E-state index is 13.1. The van der Waals surface area contributed by atoms with Gasteiger partial charge in [-0.05, 0) is 48.0 Å². The molecule has 1 N–H and O–H groups in total. The molecule has 0 unspecified atom stereocenters. The summed E-state index contributed by atoms with van der Waals surface area (Å²) in [6.45, 7) is 3.83. The highest BCUT2D eigenvalue weighted by atomic mass is 32.1. The Labute approximate surface area is 97.1 Å². The average Bonchev–Trinajstić information content (AvgIpc) is 2.63. The van der Waals surface area contributed by atoms with Crippen molar-refractivity contribution in [1.29, 1.82) is 0 Å². The smallest absolute Gasteiger partial charge is 0.160 e. The first-order valence-corrected chi connectivity index (χ1v) is 6.16. The van der Waals surface area contributed by atoms with Crippen LogP contribution in [0.4, 0.5) is 8.78 Å². The van der Waals surface area contributed by atoms with Gasteiger partial charge in [0.25, 0.3) is 0 Å². The summed E-state index contributed by atoms with van der Waals surface area (Å²) < 4.78 is 26.9. The second-order valence-electron chi connectivity index (χ2n) is 3.63. The molecule has 2 rings (SSSR count). The molecule has 0 aliphatic heterocycles.